The van der Waals surface area contributed by atoms with Gasteiger partial charge in [-0.05, 0) is 37.1 Å². The Balaban J connectivity index is 1.53. The van der Waals surface area contributed by atoms with Gasteiger partial charge in [-0.3, -0.25) is 4.79 Å². The van der Waals surface area contributed by atoms with E-state index < -0.39 is 0 Å². The number of carbonyl (C=O) groups is 1. The number of thiophene rings is 1. The second kappa shape index (κ2) is 6.26. The Hall–Kier alpha value is -0.230. The highest BCUT2D eigenvalue weighted by Gasteiger charge is 2.40. The van der Waals surface area contributed by atoms with Crippen LogP contribution in [0.5, 0.6) is 0 Å². The van der Waals surface area contributed by atoms with Crippen LogP contribution >= 0.6 is 34.7 Å². The van der Waals surface area contributed by atoms with E-state index in [0.29, 0.717) is 6.42 Å². The predicted octanol–water partition coefficient (Wildman–Crippen LogP) is 3.11. The maximum Gasteiger partial charge on any atom is 0.225 e. The van der Waals surface area contributed by atoms with E-state index in [9.17, 15) is 4.79 Å². The average Bonchev–Trinajstić information content (AvgIpc) is 2.99. The molecule has 1 aromatic heterocycles. The highest BCUT2D eigenvalue weighted by atomic mass is 35.5. The summed E-state index contributed by atoms with van der Waals surface area (Å²) in [5.41, 5.74) is 0.0209. The highest BCUT2D eigenvalue weighted by Crippen LogP contribution is 2.38. The molecule has 2 fully saturated rings. The summed E-state index contributed by atoms with van der Waals surface area (Å²) in [6.07, 6.45) is 3.42. The molecule has 1 amide bonds. The molecule has 2 saturated heterocycles. The third-order valence-electron chi connectivity index (χ3n) is 3.89. The fourth-order valence-electron chi connectivity index (χ4n) is 2.90. The Kier molecular flexibility index (Phi) is 4.60. The van der Waals surface area contributed by atoms with Crippen molar-refractivity contribution in [3.8, 4) is 0 Å². The van der Waals surface area contributed by atoms with E-state index in [1.807, 2.05) is 23.9 Å². The van der Waals surface area contributed by atoms with Crippen LogP contribution in [0.1, 0.15) is 24.1 Å². The minimum absolute atomic E-state index is 0.0209. The van der Waals surface area contributed by atoms with E-state index in [-0.39, 0.29) is 17.6 Å². The van der Waals surface area contributed by atoms with Crippen LogP contribution in [0.4, 0.5) is 0 Å². The van der Waals surface area contributed by atoms with Gasteiger partial charge in [-0.25, -0.2) is 0 Å². The van der Waals surface area contributed by atoms with Crippen LogP contribution in [0.3, 0.4) is 0 Å². The van der Waals surface area contributed by atoms with Crippen molar-refractivity contribution in [2.45, 2.75) is 37.3 Å². The number of thioether (sulfide) groups is 1. The average molecular weight is 332 g/mol. The first-order valence-corrected chi connectivity index (χ1v) is 9.25. The summed E-state index contributed by atoms with van der Waals surface area (Å²) in [5, 5.41) is 3.16. The molecule has 0 saturated carbocycles. The zero-order valence-corrected chi connectivity index (χ0v) is 13.6. The molecule has 0 unspecified atom stereocenters. The smallest absolute Gasteiger partial charge is 0.225 e. The lowest BCUT2D eigenvalue weighted by atomic mass is 9.90. The standard InChI is InChI=1S/C14H18ClNO2S2/c15-12-2-1-11(20-12)7-13(17)16-10-3-5-18-14(8-10)4-6-19-9-14/h1-2,10H,3-9H2,(H,16,17)/t10-,14-/m0/s1. The van der Waals surface area contributed by atoms with Crippen molar-refractivity contribution in [1.82, 2.24) is 5.32 Å². The summed E-state index contributed by atoms with van der Waals surface area (Å²) in [5.74, 6) is 2.34. The fraction of sp³-hybridized carbons (Fsp3) is 0.643. The van der Waals surface area contributed by atoms with Gasteiger partial charge in [0.1, 0.15) is 0 Å². The number of halogens is 1. The van der Waals surface area contributed by atoms with Crippen LogP contribution in [0.15, 0.2) is 12.1 Å². The van der Waals surface area contributed by atoms with Crippen LogP contribution in [-0.2, 0) is 16.0 Å². The Morgan fingerprint density at radius 1 is 1.55 bits per heavy atom. The predicted molar refractivity (Wildman–Crippen MR) is 84.8 cm³/mol. The molecular formula is C14H18ClNO2S2. The number of hydrogen-bond acceptors (Lipinski definition) is 4. The molecule has 110 valence electrons. The molecule has 0 bridgehead atoms. The minimum atomic E-state index is 0.0209. The van der Waals surface area contributed by atoms with Gasteiger partial charge in [0.05, 0.1) is 16.4 Å². The number of nitrogens with one attached hydrogen (secondary N) is 1. The molecule has 2 aliphatic heterocycles. The van der Waals surface area contributed by atoms with E-state index >= 15 is 0 Å². The Morgan fingerprint density at radius 3 is 3.15 bits per heavy atom. The third kappa shape index (κ3) is 3.50. The van der Waals surface area contributed by atoms with E-state index in [1.165, 1.54) is 17.1 Å². The Labute approximate surface area is 132 Å². The summed E-state index contributed by atoms with van der Waals surface area (Å²) in [6.45, 7) is 0.760. The van der Waals surface area contributed by atoms with Crippen LogP contribution in [0.2, 0.25) is 4.34 Å². The van der Waals surface area contributed by atoms with Gasteiger partial charge in [0.2, 0.25) is 5.91 Å². The zero-order chi connectivity index (χ0) is 14.0. The van der Waals surface area contributed by atoms with Crippen molar-refractivity contribution in [2.24, 2.45) is 0 Å². The van der Waals surface area contributed by atoms with E-state index in [4.69, 9.17) is 16.3 Å². The number of rotatable bonds is 3. The van der Waals surface area contributed by atoms with Gasteiger partial charge < -0.3 is 10.1 Å². The quantitative estimate of drug-likeness (QED) is 0.924. The van der Waals surface area contributed by atoms with Crippen molar-refractivity contribution in [1.29, 1.82) is 0 Å². The molecule has 6 heteroatoms. The lowest BCUT2D eigenvalue weighted by Crippen LogP contribution is -2.49. The molecule has 0 radical (unpaired) electrons. The number of carbonyl (C=O) groups excluding carboxylic acids is 1. The first-order chi connectivity index (χ1) is 9.65. The summed E-state index contributed by atoms with van der Waals surface area (Å²) < 4.78 is 6.71. The lowest BCUT2D eigenvalue weighted by molar-refractivity contribution is -0.123. The van der Waals surface area contributed by atoms with Gasteiger partial charge in [-0.15, -0.1) is 11.3 Å². The highest BCUT2D eigenvalue weighted by molar-refractivity contribution is 7.99. The minimum Gasteiger partial charge on any atom is -0.374 e. The first-order valence-electron chi connectivity index (χ1n) is 6.91. The van der Waals surface area contributed by atoms with Crippen molar-refractivity contribution in [2.75, 3.05) is 18.1 Å². The Bertz CT molecular complexity index is 485. The number of amides is 1. The molecule has 3 heterocycles. The molecule has 2 aliphatic rings. The zero-order valence-electron chi connectivity index (χ0n) is 11.2. The van der Waals surface area contributed by atoms with Gasteiger partial charge in [0.25, 0.3) is 0 Å². The molecule has 1 aromatic rings. The van der Waals surface area contributed by atoms with Crippen LogP contribution in [-0.4, -0.2) is 35.7 Å². The second-order valence-electron chi connectivity index (χ2n) is 5.47. The molecule has 3 rings (SSSR count). The third-order valence-corrected chi connectivity index (χ3v) is 6.34. The van der Waals surface area contributed by atoms with Crippen molar-refractivity contribution < 1.29 is 9.53 Å². The van der Waals surface area contributed by atoms with E-state index in [2.05, 4.69) is 5.32 Å². The van der Waals surface area contributed by atoms with Gasteiger partial charge in [-0.1, -0.05) is 11.6 Å². The van der Waals surface area contributed by atoms with Gasteiger partial charge >= 0.3 is 0 Å². The normalized spacial score (nSPS) is 29.8. The van der Waals surface area contributed by atoms with Crippen molar-refractivity contribution >= 4 is 40.6 Å². The summed E-state index contributed by atoms with van der Waals surface area (Å²) in [4.78, 5) is 13.1. The van der Waals surface area contributed by atoms with Gasteiger partial charge in [0.15, 0.2) is 0 Å². The molecule has 1 N–H and O–H groups in total. The fourth-order valence-corrected chi connectivity index (χ4v) is 5.36. The van der Waals surface area contributed by atoms with Crippen molar-refractivity contribution in [3.05, 3.63) is 21.3 Å². The second-order valence-corrected chi connectivity index (χ2v) is 8.38. The molecular weight excluding hydrogens is 314 g/mol. The van der Waals surface area contributed by atoms with E-state index in [1.54, 1.807) is 0 Å². The molecule has 20 heavy (non-hydrogen) atoms. The number of hydrogen-bond donors (Lipinski definition) is 1. The van der Waals surface area contributed by atoms with Crippen molar-refractivity contribution in [3.63, 3.8) is 0 Å². The summed E-state index contributed by atoms with van der Waals surface area (Å²) in [7, 11) is 0. The molecule has 0 aromatic carbocycles. The van der Waals surface area contributed by atoms with Gasteiger partial charge in [0, 0.05) is 23.3 Å². The SMILES string of the molecule is O=C(Cc1ccc(Cl)s1)N[C@H]1CCO[C@@]2(CCSC2)C1. The van der Waals surface area contributed by atoms with Gasteiger partial charge in [-0.2, -0.15) is 11.8 Å². The molecule has 0 aliphatic carbocycles. The van der Waals surface area contributed by atoms with Crippen LogP contribution < -0.4 is 5.32 Å². The topological polar surface area (TPSA) is 38.3 Å². The largest absolute Gasteiger partial charge is 0.374 e. The molecule has 3 nitrogen and oxygen atoms in total. The Morgan fingerprint density at radius 2 is 2.45 bits per heavy atom. The van der Waals surface area contributed by atoms with Crippen LogP contribution in [0, 0.1) is 0 Å². The maximum absolute atomic E-state index is 12.1. The lowest BCUT2D eigenvalue weighted by Gasteiger charge is -2.38. The summed E-state index contributed by atoms with van der Waals surface area (Å²) >= 11 is 9.31. The van der Waals surface area contributed by atoms with Crippen LogP contribution in [0.25, 0.3) is 0 Å². The molecule has 2 atom stereocenters. The number of ether oxygens (including phenoxy) is 1. The monoisotopic (exact) mass is 331 g/mol. The van der Waals surface area contributed by atoms with E-state index in [0.717, 1.165) is 40.8 Å². The maximum atomic E-state index is 12.1. The molecule has 1 spiro atoms. The summed E-state index contributed by atoms with van der Waals surface area (Å²) in [6, 6.07) is 4.02. The first kappa shape index (κ1) is 14.7.